The lowest BCUT2D eigenvalue weighted by atomic mass is 10.1. The predicted molar refractivity (Wildman–Crippen MR) is 113 cm³/mol. The van der Waals surface area contributed by atoms with Crippen molar-refractivity contribution < 1.29 is 17.6 Å². The number of anilines is 1. The number of rotatable bonds is 6. The van der Waals surface area contributed by atoms with Crippen LogP contribution in [0.25, 0.3) is 11.0 Å². The zero-order chi connectivity index (χ0) is 20.5. The van der Waals surface area contributed by atoms with Crippen molar-refractivity contribution in [2.24, 2.45) is 0 Å². The van der Waals surface area contributed by atoms with Crippen LogP contribution in [0.15, 0.2) is 56.2 Å². The summed E-state index contributed by atoms with van der Waals surface area (Å²) in [5.74, 6) is -0.229. The van der Waals surface area contributed by atoms with Crippen molar-refractivity contribution in [1.82, 2.24) is 4.31 Å². The van der Waals surface area contributed by atoms with Gasteiger partial charge in [-0.25, -0.2) is 8.42 Å². The molecule has 8 heteroatoms. The highest BCUT2D eigenvalue weighted by atomic mass is 79.9. The van der Waals surface area contributed by atoms with Crippen molar-refractivity contribution in [2.75, 3.05) is 18.4 Å². The Hall–Kier alpha value is -2.16. The van der Waals surface area contributed by atoms with Crippen LogP contribution in [0.2, 0.25) is 0 Å². The van der Waals surface area contributed by atoms with Crippen LogP contribution < -0.4 is 5.32 Å². The van der Waals surface area contributed by atoms with E-state index in [0.29, 0.717) is 24.4 Å². The minimum Gasteiger partial charge on any atom is -0.451 e. The number of halogens is 1. The molecule has 0 radical (unpaired) electrons. The molecular weight excluding hydrogens is 444 g/mol. The molecule has 1 aromatic heterocycles. The first-order chi connectivity index (χ1) is 13.3. The summed E-state index contributed by atoms with van der Waals surface area (Å²) in [6.45, 7) is 6.14. The summed E-state index contributed by atoms with van der Waals surface area (Å²) in [5, 5.41) is 3.58. The summed E-state index contributed by atoms with van der Waals surface area (Å²) in [4.78, 5) is 12.9. The number of benzene rings is 2. The number of furan rings is 1. The molecule has 1 heterocycles. The van der Waals surface area contributed by atoms with Crippen LogP contribution in [0.3, 0.4) is 0 Å². The monoisotopic (exact) mass is 464 g/mol. The average molecular weight is 465 g/mol. The van der Waals surface area contributed by atoms with Crippen molar-refractivity contribution >= 4 is 48.5 Å². The molecule has 0 saturated carbocycles. The quantitative estimate of drug-likeness (QED) is 0.568. The van der Waals surface area contributed by atoms with Gasteiger partial charge in [-0.05, 0) is 43.3 Å². The Labute approximate surface area is 172 Å². The summed E-state index contributed by atoms with van der Waals surface area (Å²) in [6, 6.07) is 11.8. The molecule has 148 valence electrons. The fourth-order valence-electron chi connectivity index (χ4n) is 3.04. The van der Waals surface area contributed by atoms with E-state index in [2.05, 4.69) is 21.2 Å². The number of nitrogens with zero attached hydrogens (tertiary/aromatic N) is 1. The molecule has 0 fully saturated rings. The Morgan fingerprint density at radius 3 is 2.54 bits per heavy atom. The normalized spacial score (nSPS) is 11.9. The van der Waals surface area contributed by atoms with E-state index in [0.717, 1.165) is 15.4 Å². The van der Waals surface area contributed by atoms with Crippen molar-refractivity contribution in [1.29, 1.82) is 0 Å². The highest BCUT2D eigenvalue weighted by Crippen LogP contribution is 2.29. The zero-order valence-corrected chi connectivity index (χ0v) is 18.2. The fourth-order valence-corrected chi connectivity index (χ4v) is 4.91. The number of hydrogen-bond acceptors (Lipinski definition) is 4. The Balaban J connectivity index is 1.91. The molecule has 0 aliphatic rings. The second-order valence-electron chi connectivity index (χ2n) is 6.27. The highest BCUT2D eigenvalue weighted by Gasteiger charge is 2.23. The molecule has 28 heavy (non-hydrogen) atoms. The van der Waals surface area contributed by atoms with Crippen molar-refractivity contribution in [2.45, 2.75) is 25.7 Å². The van der Waals surface area contributed by atoms with E-state index in [1.807, 2.05) is 19.1 Å². The lowest BCUT2D eigenvalue weighted by Gasteiger charge is -2.18. The molecule has 1 N–H and O–H groups in total. The lowest BCUT2D eigenvalue weighted by Crippen LogP contribution is -2.30. The molecule has 0 atom stereocenters. The predicted octanol–water partition coefficient (Wildman–Crippen LogP) is 4.79. The van der Waals surface area contributed by atoms with Crippen molar-refractivity contribution in [3.63, 3.8) is 0 Å². The summed E-state index contributed by atoms with van der Waals surface area (Å²) in [7, 11) is -3.60. The minimum atomic E-state index is -3.60. The SMILES string of the molecule is CCN(CC)S(=O)(=O)c1cccc(NC(=O)c2oc3ccc(Br)cc3c2C)c1. The van der Waals surface area contributed by atoms with Crippen molar-refractivity contribution in [3.8, 4) is 0 Å². The van der Waals surface area contributed by atoms with E-state index < -0.39 is 15.9 Å². The van der Waals surface area contributed by atoms with E-state index in [9.17, 15) is 13.2 Å². The van der Waals surface area contributed by atoms with Crippen LogP contribution in [0, 0.1) is 6.92 Å². The molecule has 0 unspecified atom stereocenters. The second kappa shape index (κ2) is 8.06. The van der Waals surface area contributed by atoms with Gasteiger partial charge in [0.05, 0.1) is 4.90 Å². The average Bonchev–Trinajstić information content (AvgIpc) is 2.99. The smallest absolute Gasteiger partial charge is 0.291 e. The summed E-state index contributed by atoms with van der Waals surface area (Å²) in [6.07, 6.45) is 0. The van der Waals surface area contributed by atoms with E-state index in [1.54, 1.807) is 32.0 Å². The first-order valence-corrected chi connectivity index (χ1v) is 11.1. The van der Waals surface area contributed by atoms with Gasteiger partial charge in [-0.2, -0.15) is 4.31 Å². The van der Waals surface area contributed by atoms with E-state index >= 15 is 0 Å². The minimum absolute atomic E-state index is 0.138. The Morgan fingerprint density at radius 2 is 1.86 bits per heavy atom. The van der Waals surface area contributed by atoms with Crippen LogP contribution in [0.4, 0.5) is 5.69 Å². The molecule has 3 aromatic rings. The van der Waals surface area contributed by atoms with Gasteiger partial charge in [0, 0.05) is 34.2 Å². The number of amides is 1. The van der Waals surface area contributed by atoms with Gasteiger partial charge in [0.2, 0.25) is 10.0 Å². The maximum absolute atomic E-state index is 12.7. The van der Waals surface area contributed by atoms with Crippen LogP contribution in [0.5, 0.6) is 0 Å². The largest absolute Gasteiger partial charge is 0.451 e. The van der Waals surface area contributed by atoms with Crippen LogP contribution in [0.1, 0.15) is 30.0 Å². The van der Waals surface area contributed by atoms with Gasteiger partial charge in [0.15, 0.2) is 5.76 Å². The molecule has 0 bridgehead atoms. The molecule has 3 rings (SSSR count). The van der Waals surface area contributed by atoms with Gasteiger partial charge in [0.25, 0.3) is 5.91 Å². The summed E-state index contributed by atoms with van der Waals surface area (Å²) < 4.78 is 33.4. The first-order valence-electron chi connectivity index (χ1n) is 8.88. The second-order valence-corrected chi connectivity index (χ2v) is 9.12. The third-order valence-corrected chi connectivity index (χ3v) is 7.08. The van der Waals surface area contributed by atoms with E-state index in [4.69, 9.17) is 4.42 Å². The van der Waals surface area contributed by atoms with Crippen molar-refractivity contribution in [3.05, 3.63) is 58.3 Å². The van der Waals surface area contributed by atoms with Gasteiger partial charge in [-0.15, -0.1) is 0 Å². The molecule has 0 aliphatic carbocycles. The Bertz CT molecular complexity index is 1130. The molecule has 2 aromatic carbocycles. The maximum atomic E-state index is 12.7. The topological polar surface area (TPSA) is 79.6 Å². The fraction of sp³-hybridized carbons (Fsp3) is 0.250. The van der Waals surface area contributed by atoms with Crippen LogP contribution in [-0.2, 0) is 10.0 Å². The van der Waals surface area contributed by atoms with Crippen LogP contribution in [-0.4, -0.2) is 31.7 Å². The van der Waals surface area contributed by atoms with Gasteiger partial charge < -0.3 is 9.73 Å². The van der Waals surface area contributed by atoms with Gasteiger partial charge >= 0.3 is 0 Å². The summed E-state index contributed by atoms with van der Waals surface area (Å²) in [5.41, 5.74) is 1.73. The van der Waals surface area contributed by atoms with Gasteiger partial charge in [-0.3, -0.25) is 4.79 Å². The maximum Gasteiger partial charge on any atom is 0.291 e. The van der Waals surface area contributed by atoms with Gasteiger partial charge in [-0.1, -0.05) is 35.8 Å². The third kappa shape index (κ3) is 3.85. The number of carbonyl (C=O) groups is 1. The molecular formula is C20H21BrN2O4S. The lowest BCUT2D eigenvalue weighted by molar-refractivity contribution is 0.0998. The standard InChI is InChI=1S/C20H21BrN2O4S/c1-4-23(5-2)28(25,26)16-8-6-7-15(12-16)22-20(24)19-13(3)17-11-14(21)9-10-18(17)27-19/h6-12H,4-5H2,1-3H3,(H,22,24). The molecule has 0 saturated heterocycles. The van der Waals surface area contributed by atoms with Gasteiger partial charge in [0.1, 0.15) is 5.58 Å². The number of nitrogens with one attached hydrogen (secondary N) is 1. The molecule has 1 amide bonds. The number of hydrogen-bond donors (Lipinski definition) is 1. The number of sulfonamides is 1. The first kappa shape index (κ1) is 20.6. The summed E-state index contributed by atoms with van der Waals surface area (Å²) >= 11 is 3.41. The third-order valence-electron chi connectivity index (χ3n) is 4.54. The number of aryl methyl sites for hydroxylation is 1. The molecule has 0 spiro atoms. The Kier molecular flexibility index (Phi) is 5.92. The Morgan fingerprint density at radius 1 is 1.14 bits per heavy atom. The zero-order valence-electron chi connectivity index (χ0n) is 15.8. The number of carbonyl (C=O) groups excluding carboxylic acids is 1. The van der Waals surface area contributed by atoms with E-state index in [-0.39, 0.29) is 10.7 Å². The highest BCUT2D eigenvalue weighted by molar-refractivity contribution is 9.10. The molecule has 6 nitrogen and oxygen atoms in total. The number of fused-ring (bicyclic) bond motifs is 1. The molecule has 0 aliphatic heterocycles. The van der Waals surface area contributed by atoms with E-state index in [1.165, 1.54) is 16.4 Å². The van der Waals surface area contributed by atoms with Crippen LogP contribution >= 0.6 is 15.9 Å².